The summed E-state index contributed by atoms with van der Waals surface area (Å²) in [6.07, 6.45) is 0. The van der Waals surface area contributed by atoms with E-state index in [0.29, 0.717) is 11.6 Å². The molecule has 3 nitrogen and oxygen atoms in total. The minimum absolute atomic E-state index is 0.261. The number of anilines is 1. The van der Waals surface area contributed by atoms with Crippen LogP contribution in [0.5, 0.6) is 0 Å². The molecule has 1 heterocycles. The van der Waals surface area contributed by atoms with Gasteiger partial charge in [0.1, 0.15) is 17.2 Å². The summed E-state index contributed by atoms with van der Waals surface area (Å²) in [6, 6.07) is 12.3. The topological polar surface area (TPSA) is 43.8 Å². The molecule has 0 fully saturated rings. The van der Waals surface area contributed by atoms with Gasteiger partial charge in [0, 0.05) is 12.1 Å². The second kappa shape index (κ2) is 5.20. The minimum atomic E-state index is -0.261. The third kappa shape index (κ3) is 2.49. The number of nitrogens with zero attached hydrogens (tertiary/aromatic N) is 2. The van der Waals surface area contributed by atoms with E-state index >= 15 is 0 Å². The molecule has 0 amide bonds. The Hall–Kier alpha value is -2.36. The molecule has 0 saturated carbocycles. The number of halogens is 1. The number of fused-ring (bicyclic) bond motifs is 1. The van der Waals surface area contributed by atoms with Gasteiger partial charge in [-0.05, 0) is 30.2 Å². The number of hydrogen-bond donors (Lipinski definition) is 1. The van der Waals surface area contributed by atoms with E-state index in [2.05, 4.69) is 23.4 Å². The quantitative estimate of drug-likeness (QED) is 0.736. The molecule has 0 unspecified atom stereocenters. The third-order valence-electron chi connectivity index (χ3n) is 3.44. The molecular weight excluding hydrogens is 265 g/mol. The summed E-state index contributed by atoms with van der Waals surface area (Å²) in [6.45, 7) is 5.10. The van der Waals surface area contributed by atoms with Gasteiger partial charge in [-0.1, -0.05) is 32.0 Å². The lowest BCUT2D eigenvalue weighted by Gasteiger charge is -2.12. The fourth-order valence-electron chi connectivity index (χ4n) is 2.57. The van der Waals surface area contributed by atoms with Gasteiger partial charge >= 0.3 is 0 Å². The molecule has 21 heavy (non-hydrogen) atoms. The Labute approximate surface area is 123 Å². The Morgan fingerprint density at radius 1 is 1.19 bits per heavy atom. The SMILES string of the molecule is CC(C)Cn1c(-c2cccc(F)c2)nc2c(N)cccc21. The number of benzene rings is 2. The van der Waals surface area contributed by atoms with Gasteiger partial charge in [0.25, 0.3) is 0 Å². The molecular formula is C17H18FN3. The normalized spacial score (nSPS) is 11.4. The zero-order valence-corrected chi connectivity index (χ0v) is 12.2. The summed E-state index contributed by atoms with van der Waals surface area (Å²) >= 11 is 0. The molecule has 2 aromatic carbocycles. The van der Waals surface area contributed by atoms with Gasteiger partial charge in [-0.3, -0.25) is 0 Å². The summed E-state index contributed by atoms with van der Waals surface area (Å²) in [4.78, 5) is 4.65. The molecule has 0 radical (unpaired) electrons. The second-order valence-corrected chi connectivity index (χ2v) is 5.67. The lowest BCUT2D eigenvalue weighted by atomic mass is 10.2. The predicted molar refractivity (Wildman–Crippen MR) is 84.4 cm³/mol. The zero-order chi connectivity index (χ0) is 15.0. The number of nitrogen functional groups attached to an aromatic ring is 1. The number of hydrogen-bond acceptors (Lipinski definition) is 2. The summed E-state index contributed by atoms with van der Waals surface area (Å²) < 4.78 is 15.6. The summed E-state index contributed by atoms with van der Waals surface area (Å²) in [5, 5.41) is 0. The highest BCUT2D eigenvalue weighted by Gasteiger charge is 2.15. The van der Waals surface area contributed by atoms with Crippen molar-refractivity contribution in [3.63, 3.8) is 0 Å². The molecule has 0 saturated heterocycles. The van der Waals surface area contributed by atoms with Crippen molar-refractivity contribution >= 4 is 16.7 Å². The Morgan fingerprint density at radius 2 is 1.95 bits per heavy atom. The molecule has 0 bridgehead atoms. The Morgan fingerprint density at radius 3 is 2.67 bits per heavy atom. The predicted octanol–water partition coefficient (Wildman–Crippen LogP) is 4.08. The first kappa shape index (κ1) is 13.6. The monoisotopic (exact) mass is 283 g/mol. The molecule has 0 atom stereocenters. The van der Waals surface area contributed by atoms with Crippen LogP contribution in [-0.4, -0.2) is 9.55 Å². The summed E-state index contributed by atoms with van der Waals surface area (Å²) in [7, 11) is 0. The van der Waals surface area contributed by atoms with Crippen LogP contribution >= 0.6 is 0 Å². The number of para-hydroxylation sites is 1. The molecule has 108 valence electrons. The van der Waals surface area contributed by atoms with Crippen LogP contribution in [0.25, 0.3) is 22.4 Å². The van der Waals surface area contributed by atoms with Crippen LogP contribution in [0.2, 0.25) is 0 Å². The van der Waals surface area contributed by atoms with E-state index in [1.54, 1.807) is 6.07 Å². The van der Waals surface area contributed by atoms with Crippen molar-refractivity contribution in [2.45, 2.75) is 20.4 Å². The molecule has 3 rings (SSSR count). The first-order valence-electron chi connectivity index (χ1n) is 7.07. The minimum Gasteiger partial charge on any atom is -0.397 e. The van der Waals surface area contributed by atoms with Gasteiger partial charge in [-0.25, -0.2) is 9.37 Å². The molecule has 0 spiro atoms. The van der Waals surface area contributed by atoms with E-state index < -0.39 is 0 Å². The highest BCUT2D eigenvalue weighted by Crippen LogP contribution is 2.29. The highest BCUT2D eigenvalue weighted by atomic mass is 19.1. The van der Waals surface area contributed by atoms with Crippen molar-refractivity contribution < 1.29 is 4.39 Å². The van der Waals surface area contributed by atoms with E-state index in [-0.39, 0.29) is 5.82 Å². The smallest absolute Gasteiger partial charge is 0.141 e. The van der Waals surface area contributed by atoms with Crippen LogP contribution in [0.4, 0.5) is 10.1 Å². The van der Waals surface area contributed by atoms with Crippen molar-refractivity contribution in [1.82, 2.24) is 9.55 Å². The van der Waals surface area contributed by atoms with Crippen molar-refractivity contribution in [2.24, 2.45) is 5.92 Å². The van der Waals surface area contributed by atoms with Gasteiger partial charge in [0.2, 0.25) is 0 Å². The molecule has 4 heteroatoms. The van der Waals surface area contributed by atoms with E-state index in [0.717, 1.165) is 29.0 Å². The maximum absolute atomic E-state index is 13.5. The maximum atomic E-state index is 13.5. The Balaban J connectivity index is 2.28. The molecule has 0 aliphatic heterocycles. The fourth-order valence-corrected chi connectivity index (χ4v) is 2.57. The molecule has 1 aromatic heterocycles. The van der Waals surface area contributed by atoms with Crippen LogP contribution in [0, 0.1) is 11.7 Å². The number of nitrogens with two attached hydrogens (primary N) is 1. The van der Waals surface area contributed by atoms with E-state index in [1.807, 2.05) is 24.3 Å². The summed E-state index contributed by atoms with van der Waals surface area (Å²) in [5.41, 5.74) is 9.21. The van der Waals surface area contributed by atoms with E-state index in [4.69, 9.17) is 5.73 Å². The molecule has 2 N–H and O–H groups in total. The van der Waals surface area contributed by atoms with Crippen LogP contribution in [0.3, 0.4) is 0 Å². The molecule has 3 aromatic rings. The lowest BCUT2D eigenvalue weighted by Crippen LogP contribution is -2.06. The second-order valence-electron chi connectivity index (χ2n) is 5.67. The number of rotatable bonds is 3. The zero-order valence-electron chi connectivity index (χ0n) is 12.2. The molecule has 0 aliphatic carbocycles. The number of imidazole rings is 1. The lowest BCUT2D eigenvalue weighted by molar-refractivity contribution is 0.536. The van der Waals surface area contributed by atoms with Crippen LogP contribution < -0.4 is 5.73 Å². The standard InChI is InChI=1S/C17H18FN3/c1-11(2)10-21-15-8-4-7-14(19)16(15)20-17(21)12-5-3-6-13(18)9-12/h3-9,11H,10,19H2,1-2H3. The Kier molecular flexibility index (Phi) is 3.37. The number of aromatic nitrogens is 2. The van der Waals surface area contributed by atoms with Crippen LogP contribution in [0.15, 0.2) is 42.5 Å². The van der Waals surface area contributed by atoms with Gasteiger partial charge < -0.3 is 10.3 Å². The van der Waals surface area contributed by atoms with Gasteiger partial charge in [-0.15, -0.1) is 0 Å². The van der Waals surface area contributed by atoms with E-state index in [1.165, 1.54) is 12.1 Å². The first-order chi connectivity index (χ1) is 10.1. The third-order valence-corrected chi connectivity index (χ3v) is 3.44. The van der Waals surface area contributed by atoms with Crippen molar-refractivity contribution in [1.29, 1.82) is 0 Å². The maximum Gasteiger partial charge on any atom is 0.141 e. The van der Waals surface area contributed by atoms with E-state index in [9.17, 15) is 4.39 Å². The van der Waals surface area contributed by atoms with Crippen molar-refractivity contribution in [3.05, 3.63) is 48.3 Å². The van der Waals surface area contributed by atoms with Crippen LogP contribution in [-0.2, 0) is 6.54 Å². The van der Waals surface area contributed by atoms with Crippen molar-refractivity contribution in [2.75, 3.05) is 5.73 Å². The highest BCUT2D eigenvalue weighted by molar-refractivity contribution is 5.90. The largest absolute Gasteiger partial charge is 0.397 e. The van der Waals surface area contributed by atoms with Crippen molar-refractivity contribution in [3.8, 4) is 11.4 Å². The fraction of sp³-hybridized carbons (Fsp3) is 0.235. The average Bonchev–Trinajstić information content (AvgIpc) is 2.79. The Bertz CT molecular complexity index is 790. The summed E-state index contributed by atoms with van der Waals surface area (Å²) in [5.74, 6) is 0.955. The molecule has 0 aliphatic rings. The first-order valence-corrected chi connectivity index (χ1v) is 7.07. The van der Waals surface area contributed by atoms with Crippen LogP contribution in [0.1, 0.15) is 13.8 Å². The van der Waals surface area contributed by atoms with Gasteiger partial charge in [-0.2, -0.15) is 0 Å². The van der Waals surface area contributed by atoms with Gasteiger partial charge in [0.15, 0.2) is 0 Å². The average molecular weight is 283 g/mol. The van der Waals surface area contributed by atoms with Gasteiger partial charge in [0.05, 0.1) is 11.2 Å².